The lowest BCUT2D eigenvalue weighted by Gasteiger charge is -2.19. The summed E-state index contributed by atoms with van der Waals surface area (Å²) < 4.78 is 2.50. The maximum Gasteiger partial charge on any atom is 0.107 e. The third-order valence-corrected chi connectivity index (χ3v) is 6.84. The first-order valence-electron chi connectivity index (χ1n) is 9.11. The van der Waals surface area contributed by atoms with Gasteiger partial charge >= 0.3 is 0 Å². The zero-order chi connectivity index (χ0) is 15.2. The fourth-order valence-corrected chi connectivity index (χ4v) is 5.69. The molecule has 5 heteroatoms. The number of imidazole rings is 1. The Bertz CT molecular complexity index is 695. The van der Waals surface area contributed by atoms with E-state index in [0.717, 1.165) is 13.1 Å². The molecule has 3 aliphatic rings. The molecule has 1 atom stereocenters. The summed E-state index contributed by atoms with van der Waals surface area (Å²) in [5.41, 5.74) is 4.28. The average Bonchev–Trinajstić information content (AvgIpc) is 3.29. The van der Waals surface area contributed by atoms with Gasteiger partial charge in [-0.3, -0.25) is 4.90 Å². The highest BCUT2D eigenvalue weighted by molar-refractivity contribution is 7.11. The molecule has 0 unspecified atom stereocenters. The van der Waals surface area contributed by atoms with Gasteiger partial charge in [0.15, 0.2) is 0 Å². The topological polar surface area (TPSA) is 34.0 Å². The molecule has 3 heterocycles. The smallest absolute Gasteiger partial charge is 0.107 e. The SMILES string of the molecule is c1nc2c(n1[C@H]1CCN(Cc3nc4c(s3)CCC4)C1)CCCC2. The molecule has 0 bridgehead atoms. The van der Waals surface area contributed by atoms with E-state index < -0.39 is 0 Å². The summed E-state index contributed by atoms with van der Waals surface area (Å²) in [6.45, 7) is 3.40. The third kappa shape index (κ3) is 2.54. The zero-order valence-corrected chi connectivity index (χ0v) is 14.4. The quantitative estimate of drug-likeness (QED) is 0.868. The number of nitrogens with zero attached hydrogens (tertiary/aromatic N) is 4. The predicted octanol–water partition coefficient (Wildman–Crippen LogP) is 3.15. The van der Waals surface area contributed by atoms with E-state index in [9.17, 15) is 0 Å². The molecule has 1 fully saturated rings. The van der Waals surface area contributed by atoms with Crippen molar-refractivity contribution in [3.8, 4) is 0 Å². The van der Waals surface area contributed by atoms with Gasteiger partial charge in [0.25, 0.3) is 0 Å². The Hall–Kier alpha value is -1.20. The number of rotatable bonds is 3. The summed E-state index contributed by atoms with van der Waals surface area (Å²) in [6, 6.07) is 0.621. The van der Waals surface area contributed by atoms with E-state index in [1.54, 1.807) is 4.88 Å². The van der Waals surface area contributed by atoms with Crippen molar-refractivity contribution in [3.05, 3.63) is 33.3 Å². The van der Waals surface area contributed by atoms with Crippen LogP contribution in [0.4, 0.5) is 0 Å². The first kappa shape index (κ1) is 14.2. The average molecular weight is 328 g/mol. The van der Waals surface area contributed by atoms with Crippen molar-refractivity contribution in [2.75, 3.05) is 13.1 Å². The molecule has 2 aliphatic carbocycles. The molecule has 2 aromatic heterocycles. The number of aromatic nitrogens is 3. The molecule has 0 N–H and O–H groups in total. The number of likely N-dealkylation sites (tertiary alicyclic amines) is 1. The van der Waals surface area contributed by atoms with Crippen LogP contribution in [-0.2, 0) is 32.2 Å². The van der Waals surface area contributed by atoms with Gasteiger partial charge in [-0.25, -0.2) is 9.97 Å². The van der Waals surface area contributed by atoms with Crippen LogP contribution < -0.4 is 0 Å². The second-order valence-corrected chi connectivity index (χ2v) is 8.43. The molecule has 4 nitrogen and oxygen atoms in total. The van der Waals surface area contributed by atoms with E-state index in [4.69, 9.17) is 4.98 Å². The lowest BCUT2D eigenvalue weighted by atomic mass is 10.0. The molecule has 0 radical (unpaired) electrons. The van der Waals surface area contributed by atoms with E-state index in [1.807, 2.05) is 11.3 Å². The Labute approximate surface area is 141 Å². The second kappa shape index (κ2) is 5.71. The van der Waals surface area contributed by atoms with Crippen LogP contribution in [-0.4, -0.2) is 32.5 Å². The van der Waals surface area contributed by atoms with Crippen LogP contribution in [0.15, 0.2) is 6.33 Å². The number of aryl methyl sites for hydroxylation is 3. The Morgan fingerprint density at radius 3 is 2.96 bits per heavy atom. The minimum atomic E-state index is 0.621. The van der Waals surface area contributed by atoms with Crippen LogP contribution in [0, 0.1) is 0 Å². The third-order valence-electron chi connectivity index (χ3n) is 5.70. The highest BCUT2D eigenvalue weighted by Gasteiger charge is 2.28. The molecule has 0 spiro atoms. The predicted molar refractivity (Wildman–Crippen MR) is 91.9 cm³/mol. The minimum absolute atomic E-state index is 0.621. The number of thiazole rings is 1. The number of hydrogen-bond donors (Lipinski definition) is 0. The summed E-state index contributed by atoms with van der Waals surface area (Å²) in [7, 11) is 0. The van der Waals surface area contributed by atoms with Crippen LogP contribution in [0.3, 0.4) is 0 Å². The molecular weight excluding hydrogens is 304 g/mol. The molecule has 122 valence electrons. The van der Waals surface area contributed by atoms with Crippen LogP contribution in [0.2, 0.25) is 0 Å². The van der Waals surface area contributed by atoms with E-state index in [1.165, 1.54) is 80.0 Å². The van der Waals surface area contributed by atoms with Crippen LogP contribution in [0.1, 0.15) is 58.7 Å². The fourth-order valence-electron chi connectivity index (χ4n) is 4.49. The first-order valence-corrected chi connectivity index (χ1v) is 9.93. The van der Waals surface area contributed by atoms with Crippen molar-refractivity contribution in [3.63, 3.8) is 0 Å². The van der Waals surface area contributed by atoms with E-state index in [2.05, 4.69) is 20.8 Å². The summed E-state index contributed by atoms with van der Waals surface area (Å²) >= 11 is 1.96. The zero-order valence-electron chi connectivity index (χ0n) is 13.6. The molecular formula is C18H24N4S. The van der Waals surface area contributed by atoms with Crippen LogP contribution in [0.5, 0.6) is 0 Å². The van der Waals surface area contributed by atoms with Crippen LogP contribution >= 0.6 is 11.3 Å². The molecule has 1 saturated heterocycles. The minimum Gasteiger partial charge on any atom is -0.330 e. The Morgan fingerprint density at radius 1 is 1.09 bits per heavy atom. The second-order valence-electron chi connectivity index (χ2n) is 7.26. The lowest BCUT2D eigenvalue weighted by Crippen LogP contribution is -2.22. The monoisotopic (exact) mass is 328 g/mol. The standard InChI is InChI=1S/C18H24N4S/c1-2-6-16-14(4-1)19-12-22(16)13-8-9-21(10-13)11-18-20-15-5-3-7-17(15)23-18/h12-13H,1-11H2/t13-/m0/s1. The van der Waals surface area contributed by atoms with Crippen molar-refractivity contribution < 1.29 is 0 Å². The van der Waals surface area contributed by atoms with Crippen molar-refractivity contribution in [1.82, 2.24) is 19.4 Å². The fraction of sp³-hybridized carbons (Fsp3) is 0.667. The molecule has 0 amide bonds. The van der Waals surface area contributed by atoms with Gasteiger partial charge in [0, 0.05) is 29.7 Å². The van der Waals surface area contributed by atoms with Crippen molar-refractivity contribution in [1.29, 1.82) is 0 Å². The largest absolute Gasteiger partial charge is 0.330 e. The van der Waals surface area contributed by atoms with Gasteiger partial charge in [0.05, 0.1) is 24.3 Å². The van der Waals surface area contributed by atoms with Gasteiger partial charge in [-0.2, -0.15) is 0 Å². The normalized spacial score (nSPS) is 24.1. The maximum absolute atomic E-state index is 4.87. The molecule has 1 aliphatic heterocycles. The Kier molecular flexibility index (Phi) is 3.52. The summed E-state index contributed by atoms with van der Waals surface area (Å²) in [5, 5.41) is 1.34. The lowest BCUT2D eigenvalue weighted by molar-refractivity contribution is 0.314. The van der Waals surface area contributed by atoms with Gasteiger partial charge in [-0.05, 0) is 51.4 Å². The molecule has 0 saturated carbocycles. The van der Waals surface area contributed by atoms with Gasteiger partial charge in [0.2, 0.25) is 0 Å². The number of fused-ring (bicyclic) bond motifs is 2. The van der Waals surface area contributed by atoms with E-state index in [-0.39, 0.29) is 0 Å². The Balaban J connectivity index is 1.28. The highest BCUT2D eigenvalue weighted by atomic mass is 32.1. The van der Waals surface area contributed by atoms with Crippen molar-refractivity contribution in [2.45, 2.75) is 64.0 Å². The van der Waals surface area contributed by atoms with E-state index in [0.29, 0.717) is 6.04 Å². The van der Waals surface area contributed by atoms with Gasteiger partial charge in [-0.1, -0.05) is 0 Å². The highest BCUT2D eigenvalue weighted by Crippen LogP contribution is 2.31. The Morgan fingerprint density at radius 2 is 2.00 bits per heavy atom. The van der Waals surface area contributed by atoms with Crippen LogP contribution in [0.25, 0.3) is 0 Å². The molecule has 5 rings (SSSR count). The van der Waals surface area contributed by atoms with Gasteiger partial charge < -0.3 is 4.57 Å². The maximum atomic E-state index is 4.87. The molecule has 23 heavy (non-hydrogen) atoms. The summed E-state index contributed by atoms with van der Waals surface area (Å²) in [4.78, 5) is 13.7. The van der Waals surface area contributed by atoms with Crippen molar-refractivity contribution >= 4 is 11.3 Å². The molecule has 2 aromatic rings. The van der Waals surface area contributed by atoms with E-state index >= 15 is 0 Å². The van der Waals surface area contributed by atoms with Gasteiger partial charge in [0.1, 0.15) is 5.01 Å². The van der Waals surface area contributed by atoms with Crippen molar-refractivity contribution in [2.24, 2.45) is 0 Å². The molecule has 0 aromatic carbocycles. The number of hydrogen-bond acceptors (Lipinski definition) is 4. The first-order chi connectivity index (χ1) is 11.4. The summed E-state index contributed by atoms with van der Waals surface area (Å²) in [5.74, 6) is 0. The summed E-state index contributed by atoms with van der Waals surface area (Å²) in [6.07, 6.45) is 12.2. The van der Waals surface area contributed by atoms with Gasteiger partial charge in [-0.15, -0.1) is 11.3 Å².